The van der Waals surface area contributed by atoms with Crippen LogP contribution in [0.3, 0.4) is 0 Å². The summed E-state index contributed by atoms with van der Waals surface area (Å²) < 4.78 is 20.8. The number of carbonyl (C=O) groups is 3. The van der Waals surface area contributed by atoms with Crippen molar-refractivity contribution in [3.63, 3.8) is 0 Å². The van der Waals surface area contributed by atoms with Crippen molar-refractivity contribution >= 4 is 18.3 Å². The van der Waals surface area contributed by atoms with Crippen LogP contribution in [0.25, 0.3) is 0 Å². The normalized spacial score (nSPS) is 12.9. The Kier molecular flexibility index (Phi) is 7.74. The summed E-state index contributed by atoms with van der Waals surface area (Å²) in [5, 5.41) is 0. The molecule has 0 atom stereocenters. The van der Waals surface area contributed by atoms with Crippen molar-refractivity contribution in [3.05, 3.63) is 0 Å². The molecule has 0 N–H and O–H groups in total. The molecule has 0 aliphatic heterocycles. The molecule has 0 spiro atoms. The van der Waals surface area contributed by atoms with Gasteiger partial charge in [0, 0.05) is 0 Å². The van der Waals surface area contributed by atoms with E-state index in [9.17, 15) is 14.4 Å². The Hall–Kier alpha value is -1.99. The predicted octanol–water partition coefficient (Wildman–Crippen LogP) is 4.89. The highest BCUT2D eigenvalue weighted by Gasteiger charge is 2.42. The molecule has 27 heavy (non-hydrogen) atoms. The minimum absolute atomic E-state index is 0.291. The molecule has 0 aromatic rings. The highest BCUT2D eigenvalue weighted by molar-refractivity contribution is 5.89. The van der Waals surface area contributed by atoms with Gasteiger partial charge in [-0.05, 0) is 76.2 Å². The van der Waals surface area contributed by atoms with Crippen molar-refractivity contribution in [1.29, 1.82) is 0 Å². The molecule has 0 radical (unpaired) electrons. The molecule has 0 bridgehead atoms. The fraction of sp³-hybridized carbons (Fsp3) is 0.842. The molecule has 0 fully saturated rings. The lowest BCUT2D eigenvalue weighted by atomic mass is 10.1. The van der Waals surface area contributed by atoms with Gasteiger partial charge in [-0.3, -0.25) is 0 Å². The summed E-state index contributed by atoms with van der Waals surface area (Å²) in [6.07, 6.45) is -2.69. The molecular weight excluding hydrogens is 354 g/mol. The van der Waals surface area contributed by atoms with Gasteiger partial charge in [-0.2, -0.15) is 0 Å². The average molecular weight is 389 g/mol. The quantitative estimate of drug-likeness (QED) is 0.501. The summed E-state index contributed by atoms with van der Waals surface area (Å²) >= 11 is 0. The first-order valence-corrected chi connectivity index (χ1v) is 8.85. The van der Waals surface area contributed by atoms with Crippen LogP contribution in [0.1, 0.15) is 76.2 Å². The SMILES string of the molecule is CC(C)(C)OC(=O)OCC(C)(C)N(C(=O)OC(C)(C)C)C(=O)OC(C)(C)C. The number of ether oxygens (including phenoxy) is 4. The number of imide groups is 1. The van der Waals surface area contributed by atoms with E-state index >= 15 is 0 Å². The van der Waals surface area contributed by atoms with Crippen LogP contribution in [0.4, 0.5) is 14.4 Å². The van der Waals surface area contributed by atoms with E-state index in [1.807, 2.05) is 0 Å². The molecule has 0 heterocycles. The number of nitrogens with zero attached hydrogens (tertiary/aromatic N) is 1. The largest absolute Gasteiger partial charge is 0.508 e. The summed E-state index contributed by atoms with van der Waals surface area (Å²) in [4.78, 5) is 37.9. The fourth-order valence-electron chi connectivity index (χ4n) is 1.76. The van der Waals surface area contributed by atoms with Crippen molar-refractivity contribution in [2.45, 2.75) is 98.5 Å². The second-order valence-electron chi connectivity index (χ2n) is 9.86. The highest BCUT2D eigenvalue weighted by Crippen LogP contribution is 2.23. The summed E-state index contributed by atoms with van der Waals surface area (Å²) in [5.74, 6) is 0. The monoisotopic (exact) mass is 389 g/mol. The van der Waals surface area contributed by atoms with Crippen molar-refractivity contribution in [3.8, 4) is 0 Å². The summed E-state index contributed by atoms with van der Waals surface area (Å²) in [7, 11) is 0. The first-order chi connectivity index (χ1) is 11.7. The zero-order chi connectivity index (χ0) is 21.8. The van der Waals surface area contributed by atoms with Crippen molar-refractivity contribution in [2.24, 2.45) is 0 Å². The van der Waals surface area contributed by atoms with Gasteiger partial charge >= 0.3 is 18.3 Å². The van der Waals surface area contributed by atoms with E-state index < -0.39 is 40.7 Å². The lowest BCUT2D eigenvalue weighted by Crippen LogP contribution is -2.56. The van der Waals surface area contributed by atoms with Gasteiger partial charge in [0.15, 0.2) is 0 Å². The fourth-order valence-corrected chi connectivity index (χ4v) is 1.76. The molecule has 2 amide bonds. The Morgan fingerprint density at radius 1 is 0.630 bits per heavy atom. The van der Waals surface area contributed by atoms with Gasteiger partial charge in [-0.1, -0.05) is 0 Å². The molecule has 0 rings (SSSR count). The van der Waals surface area contributed by atoms with Gasteiger partial charge in [0.25, 0.3) is 0 Å². The van der Waals surface area contributed by atoms with Gasteiger partial charge in [0.2, 0.25) is 0 Å². The first kappa shape index (κ1) is 25.0. The number of hydrogen-bond donors (Lipinski definition) is 0. The van der Waals surface area contributed by atoms with Gasteiger partial charge in [-0.25, -0.2) is 19.3 Å². The van der Waals surface area contributed by atoms with Gasteiger partial charge in [-0.15, -0.1) is 0 Å². The van der Waals surface area contributed by atoms with E-state index in [2.05, 4.69) is 0 Å². The zero-order valence-electron chi connectivity index (χ0n) is 18.5. The summed E-state index contributed by atoms with van der Waals surface area (Å²) in [5.41, 5.74) is -3.60. The van der Waals surface area contributed by atoms with Gasteiger partial charge < -0.3 is 18.9 Å². The second kappa shape index (κ2) is 8.35. The number of carbonyl (C=O) groups excluding carboxylic acids is 3. The minimum Gasteiger partial charge on any atom is -0.443 e. The smallest absolute Gasteiger partial charge is 0.443 e. The van der Waals surface area contributed by atoms with Crippen molar-refractivity contribution in [2.75, 3.05) is 6.61 Å². The van der Waals surface area contributed by atoms with Crippen LogP contribution in [0.15, 0.2) is 0 Å². The van der Waals surface area contributed by atoms with E-state index in [0.717, 1.165) is 4.90 Å². The maximum atomic E-state index is 12.6. The minimum atomic E-state index is -1.23. The van der Waals surface area contributed by atoms with Crippen LogP contribution in [-0.4, -0.2) is 52.2 Å². The molecule has 0 saturated carbocycles. The molecule has 0 aliphatic rings. The van der Waals surface area contributed by atoms with E-state index in [0.29, 0.717) is 0 Å². The molecule has 0 aromatic carbocycles. The standard InChI is InChI=1S/C19H35NO7/c1-16(2,3)25-13(21)20(14(22)26-17(4,5)6)19(10,11)12-24-15(23)27-18(7,8)9/h12H2,1-11H3. The van der Waals surface area contributed by atoms with Crippen LogP contribution in [0.5, 0.6) is 0 Å². The van der Waals surface area contributed by atoms with Crippen molar-refractivity contribution < 1.29 is 33.3 Å². The van der Waals surface area contributed by atoms with E-state index in [1.54, 1.807) is 76.2 Å². The number of amides is 2. The topological polar surface area (TPSA) is 91.4 Å². The Bertz CT molecular complexity index is 520. The molecule has 0 aliphatic carbocycles. The van der Waals surface area contributed by atoms with Gasteiger partial charge in [0.05, 0.1) is 5.54 Å². The van der Waals surface area contributed by atoms with Crippen LogP contribution in [0.2, 0.25) is 0 Å². The lowest BCUT2D eigenvalue weighted by molar-refractivity contribution is -0.0476. The van der Waals surface area contributed by atoms with E-state index in [1.165, 1.54) is 0 Å². The maximum Gasteiger partial charge on any atom is 0.508 e. The van der Waals surface area contributed by atoms with Crippen LogP contribution < -0.4 is 0 Å². The Labute approximate surface area is 162 Å². The third-order valence-electron chi connectivity index (χ3n) is 2.69. The molecule has 0 saturated heterocycles. The Morgan fingerprint density at radius 3 is 1.26 bits per heavy atom. The number of hydrogen-bond acceptors (Lipinski definition) is 7. The third kappa shape index (κ3) is 10.7. The summed E-state index contributed by atoms with van der Waals surface area (Å²) in [6, 6.07) is 0. The molecule has 158 valence electrons. The average Bonchev–Trinajstić information content (AvgIpc) is 2.29. The highest BCUT2D eigenvalue weighted by atomic mass is 16.7. The first-order valence-electron chi connectivity index (χ1n) is 8.85. The van der Waals surface area contributed by atoms with E-state index in [4.69, 9.17) is 18.9 Å². The van der Waals surface area contributed by atoms with E-state index in [-0.39, 0.29) is 6.61 Å². The third-order valence-corrected chi connectivity index (χ3v) is 2.69. The molecule has 0 unspecified atom stereocenters. The van der Waals surface area contributed by atoms with Gasteiger partial charge in [0.1, 0.15) is 23.4 Å². The van der Waals surface area contributed by atoms with Crippen LogP contribution in [0, 0.1) is 0 Å². The predicted molar refractivity (Wildman–Crippen MR) is 101 cm³/mol. The zero-order valence-corrected chi connectivity index (χ0v) is 18.5. The maximum absolute atomic E-state index is 12.6. The lowest BCUT2D eigenvalue weighted by Gasteiger charge is -2.37. The molecule has 8 nitrogen and oxygen atoms in total. The van der Waals surface area contributed by atoms with Crippen LogP contribution >= 0.6 is 0 Å². The second-order valence-corrected chi connectivity index (χ2v) is 9.86. The molecule has 8 heteroatoms. The molecule has 0 aromatic heterocycles. The summed E-state index contributed by atoms with van der Waals surface area (Å²) in [6.45, 7) is 18.0. The Balaban J connectivity index is 5.46. The van der Waals surface area contributed by atoms with Crippen molar-refractivity contribution in [1.82, 2.24) is 4.90 Å². The molecular formula is C19H35NO7. The van der Waals surface area contributed by atoms with Crippen LogP contribution in [-0.2, 0) is 18.9 Å². The number of rotatable bonds is 3. The Morgan fingerprint density at radius 2 is 0.963 bits per heavy atom.